The van der Waals surface area contributed by atoms with Crippen molar-refractivity contribution >= 4 is 27.8 Å². The number of hydrogen-bond donors (Lipinski definition) is 1. The van der Waals surface area contributed by atoms with Gasteiger partial charge >= 0.3 is 10.2 Å². The Bertz CT molecular complexity index is 1110. The van der Waals surface area contributed by atoms with E-state index in [0.717, 1.165) is 24.2 Å². The van der Waals surface area contributed by atoms with E-state index < -0.39 is 27.6 Å². The highest BCUT2D eigenvalue weighted by atomic mass is 32.2. The Morgan fingerprint density at radius 2 is 2.06 bits per heavy atom. The summed E-state index contributed by atoms with van der Waals surface area (Å²) < 4.78 is 67.8. The second-order valence-electron chi connectivity index (χ2n) is 8.38. The zero-order chi connectivity index (χ0) is 23.6. The quantitative estimate of drug-likeness (QED) is 0.416. The molecule has 180 valence electrons. The van der Waals surface area contributed by atoms with Gasteiger partial charge in [-0.15, -0.1) is 0 Å². The predicted octanol–water partition coefficient (Wildman–Crippen LogP) is 3.49. The van der Waals surface area contributed by atoms with E-state index in [4.69, 9.17) is 9.47 Å². The molecule has 1 atom stereocenters. The van der Waals surface area contributed by atoms with Crippen LogP contribution < -0.4 is 4.72 Å². The van der Waals surface area contributed by atoms with Gasteiger partial charge in [-0.2, -0.15) is 12.7 Å². The minimum absolute atomic E-state index is 0.0964. The Morgan fingerprint density at radius 1 is 1.27 bits per heavy atom. The van der Waals surface area contributed by atoms with E-state index in [1.807, 2.05) is 13.8 Å². The molecule has 1 aromatic heterocycles. The number of halogens is 2. The van der Waals surface area contributed by atoms with Crippen LogP contribution in [0.25, 0.3) is 0 Å². The molecule has 2 aromatic rings. The van der Waals surface area contributed by atoms with Gasteiger partial charge in [0.2, 0.25) is 0 Å². The second kappa shape index (κ2) is 9.79. The minimum atomic E-state index is -3.71. The predicted molar refractivity (Wildman–Crippen MR) is 120 cm³/mol. The van der Waals surface area contributed by atoms with Crippen LogP contribution in [0.2, 0.25) is 0 Å². The van der Waals surface area contributed by atoms with Crippen molar-refractivity contribution in [3.8, 4) is 0 Å². The topological polar surface area (TPSA) is 93.7 Å². The van der Waals surface area contributed by atoms with E-state index in [1.54, 1.807) is 6.07 Å². The zero-order valence-electron chi connectivity index (χ0n) is 18.4. The van der Waals surface area contributed by atoms with Gasteiger partial charge in [-0.25, -0.2) is 18.7 Å². The lowest BCUT2D eigenvalue weighted by Gasteiger charge is -2.29. The number of rotatable bonds is 9. The smallest absolute Gasteiger partial charge is 0.302 e. The van der Waals surface area contributed by atoms with E-state index in [2.05, 4.69) is 14.7 Å². The van der Waals surface area contributed by atoms with E-state index in [0.29, 0.717) is 38.2 Å². The molecule has 0 aliphatic carbocycles. The first kappa shape index (κ1) is 24.3. The van der Waals surface area contributed by atoms with E-state index in [-0.39, 0.29) is 28.4 Å². The summed E-state index contributed by atoms with van der Waals surface area (Å²) >= 11 is 1.10. The molecule has 4 rings (SSSR count). The fourth-order valence-corrected chi connectivity index (χ4v) is 5.55. The summed E-state index contributed by atoms with van der Waals surface area (Å²) in [4.78, 5) is 8.79. The average Bonchev–Trinajstić information content (AvgIpc) is 3.04. The van der Waals surface area contributed by atoms with Crippen molar-refractivity contribution < 1.29 is 26.7 Å². The molecule has 2 saturated heterocycles. The molecule has 8 nitrogen and oxygen atoms in total. The summed E-state index contributed by atoms with van der Waals surface area (Å²) in [5.41, 5.74) is 0.789. The molecular weight excluding hydrogens is 474 g/mol. The third-order valence-corrected chi connectivity index (χ3v) is 7.73. The molecule has 12 heteroatoms. The van der Waals surface area contributed by atoms with Gasteiger partial charge in [-0.3, -0.25) is 4.72 Å². The number of thioether (sulfide) groups is 1. The SMILES string of the molecule is CC1(C)OC[C@@H](CCc2cc(NS(=O)(=O)N3CCC3)nc(SCc3cccc(F)c3F)n2)O1. The third kappa shape index (κ3) is 6.18. The molecule has 33 heavy (non-hydrogen) atoms. The van der Waals surface area contributed by atoms with Crippen LogP contribution in [0.3, 0.4) is 0 Å². The summed E-state index contributed by atoms with van der Waals surface area (Å²) in [7, 11) is -3.71. The number of hydrogen-bond acceptors (Lipinski definition) is 7. The Kier molecular flexibility index (Phi) is 7.20. The number of nitrogens with one attached hydrogen (secondary N) is 1. The second-order valence-corrected chi connectivity index (χ2v) is 11.0. The number of ether oxygens (including phenoxy) is 2. The lowest BCUT2D eigenvalue weighted by molar-refractivity contribution is -0.138. The lowest BCUT2D eigenvalue weighted by atomic mass is 10.1. The van der Waals surface area contributed by atoms with Crippen LogP contribution in [-0.2, 0) is 31.9 Å². The molecule has 0 saturated carbocycles. The van der Waals surface area contributed by atoms with Crippen LogP contribution in [0.5, 0.6) is 0 Å². The molecular formula is C21H26F2N4O4S2. The van der Waals surface area contributed by atoms with Crippen LogP contribution in [-0.4, -0.2) is 54.3 Å². The molecule has 3 heterocycles. The Morgan fingerprint density at radius 3 is 2.73 bits per heavy atom. The summed E-state index contributed by atoms with van der Waals surface area (Å²) in [5, 5.41) is 0.265. The van der Waals surface area contributed by atoms with Crippen molar-refractivity contribution in [3.05, 3.63) is 47.2 Å². The number of benzene rings is 1. The maximum atomic E-state index is 14.0. The van der Waals surface area contributed by atoms with Gasteiger partial charge in [0.05, 0.1) is 12.7 Å². The highest BCUT2D eigenvalue weighted by Crippen LogP contribution is 2.27. The van der Waals surface area contributed by atoms with Gasteiger partial charge in [0.25, 0.3) is 0 Å². The Balaban J connectivity index is 1.51. The maximum Gasteiger partial charge on any atom is 0.302 e. The van der Waals surface area contributed by atoms with Gasteiger partial charge in [-0.05, 0) is 39.2 Å². The Labute approximate surface area is 196 Å². The minimum Gasteiger partial charge on any atom is -0.348 e. The molecule has 2 fully saturated rings. The average molecular weight is 501 g/mol. The first-order valence-electron chi connectivity index (χ1n) is 10.6. The molecule has 0 unspecified atom stereocenters. The molecule has 1 N–H and O–H groups in total. The summed E-state index contributed by atoms with van der Waals surface area (Å²) in [6.07, 6.45) is 1.85. The van der Waals surface area contributed by atoms with Crippen molar-refractivity contribution in [1.82, 2.24) is 14.3 Å². The normalized spacial score (nSPS) is 20.5. The number of nitrogens with zero attached hydrogens (tertiary/aromatic N) is 3. The van der Waals surface area contributed by atoms with Crippen LogP contribution >= 0.6 is 11.8 Å². The van der Waals surface area contributed by atoms with Crippen molar-refractivity contribution in [1.29, 1.82) is 0 Å². The monoisotopic (exact) mass is 500 g/mol. The van der Waals surface area contributed by atoms with Gasteiger partial charge in [0.15, 0.2) is 22.6 Å². The lowest BCUT2D eigenvalue weighted by Crippen LogP contribution is -2.45. The van der Waals surface area contributed by atoms with Gasteiger partial charge in [0.1, 0.15) is 5.82 Å². The first-order valence-corrected chi connectivity index (χ1v) is 13.1. The van der Waals surface area contributed by atoms with Crippen LogP contribution in [0.1, 0.15) is 37.9 Å². The van der Waals surface area contributed by atoms with Crippen molar-refractivity contribution in [2.45, 2.75) is 55.9 Å². The molecule has 2 aliphatic heterocycles. The molecule has 0 radical (unpaired) electrons. The molecule has 0 bridgehead atoms. The largest absolute Gasteiger partial charge is 0.348 e. The molecule has 0 amide bonds. The van der Waals surface area contributed by atoms with Crippen molar-refractivity contribution in [2.75, 3.05) is 24.4 Å². The van der Waals surface area contributed by atoms with Crippen molar-refractivity contribution in [3.63, 3.8) is 0 Å². The van der Waals surface area contributed by atoms with Crippen LogP contribution in [0.15, 0.2) is 29.4 Å². The summed E-state index contributed by atoms with van der Waals surface area (Å²) in [6, 6.07) is 5.57. The molecule has 1 aromatic carbocycles. The third-order valence-electron chi connectivity index (χ3n) is 5.33. The van der Waals surface area contributed by atoms with E-state index in [1.165, 1.54) is 16.4 Å². The number of aromatic nitrogens is 2. The van der Waals surface area contributed by atoms with Gasteiger partial charge in [0, 0.05) is 36.2 Å². The Hall–Kier alpha value is -1.86. The maximum absolute atomic E-state index is 14.0. The highest BCUT2D eigenvalue weighted by molar-refractivity contribution is 7.98. The first-order chi connectivity index (χ1) is 15.6. The fourth-order valence-electron chi connectivity index (χ4n) is 3.46. The van der Waals surface area contributed by atoms with Crippen LogP contribution in [0, 0.1) is 11.6 Å². The zero-order valence-corrected chi connectivity index (χ0v) is 20.0. The van der Waals surface area contributed by atoms with E-state index >= 15 is 0 Å². The van der Waals surface area contributed by atoms with Gasteiger partial charge < -0.3 is 9.47 Å². The van der Waals surface area contributed by atoms with Gasteiger partial charge in [-0.1, -0.05) is 23.9 Å². The highest BCUT2D eigenvalue weighted by Gasteiger charge is 2.32. The van der Waals surface area contributed by atoms with Crippen molar-refractivity contribution in [2.24, 2.45) is 0 Å². The standard InChI is InChI=1S/C21H26F2N4O4S2/c1-21(2)30-12-16(31-21)8-7-15-11-18(26-33(28,29)27-9-4-10-27)25-20(24-15)32-13-14-5-3-6-17(22)19(14)23/h3,5-6,11,16H,4,7-10,12-13H2,1-2H3,(H,24,25,26)/t16-/m1/s1. The molecule has 2 aliphatic rings. The fraction of sp³-hybridized carbons (Fsp3) is 0.524. The number of anilines is 1. The summed E-state index contributed by atoms with van der Waals surface area (Å²) in [6.45, 7) is 5.08. The number of aryl methyl sites for hydroxylation is 1. The summed E-state index contributed by atoms with van der Waals surface area (Å²) in [5.74, 6) is -2.24. The van der Waals surface area contributed by atoms with E-state index in [9.17, 15) is 17.2 Å². The van der Waals surface area contributed by atoms with Crippen LogP contribution in [0.4, 0.5) is 14.6 Å². The molecule has 0 spiro atoms.